The van der Waals surface area contributed by atoms with Gasteiger partial charge in [0, 0.05) is 5.56 Å². The van der Waals surface area contributed by atoms with E-state index in [0.29, 0.717) is 5.75 Å². The van der Waals surface area contributed by atoms with E-state index in [1.807, 2.05) is 0 Å². The zero-order chi connectivity index (χ0) is 13.9. The number of hydrogen-bond acceptors (Lipinski definition) is 3. The maximum atomic E-state index is 13.6. The molecule has 1 aliphatic carbocycles. The molecule has 3 nitrogen and oxygen atoms in total. The Balaban J connectivity index is 2.43. The first-order valence-corrected chi connectivity index (χ1v) is 6.96. The van der Waals surface area contributed by atoms with Gasteiger partial charge in [0.2, 0.25) is 0 Å². The van der Waals surface area contributed by atoms with E-state index in [2.05, 4.69) is 12.3 Å². The van der Waals surface area contributed by atoms with Crippen LogP contribution < -0.4 is 16.0 Å². The minimum absolute atomic E-state index is 0.0642. The maximum absolute atomic E-state index is 13.6. The Morgan fingerprint density at radius 2 is 2.11 bits per heavy atom. The smallest absolute Gasteiger partial charge is 0.123 e. The molecule has 1 saturated carbocycles. The van der Waals surface area contributed by atoms with E-state index in [4.69, 9.17) is 10.6 Å². The van der Waals surface area contributed by atoms with E-state index in [9.17, 15) is 4.39 Å². The molecule has 19 heavy (non-hydrogen) atoms. The van der Waals surface area contributed by atoms with E-state index >= 15 is 0 Å². The Hall–Kier alpha value is -1.13. The highest BCUT2D eigenvalue weighted by molar-refractivity contribution is 5.38. The summed E-state index contributed by atoms with van der Waals surface area (Å²) < 4.78 is 18.9. The molecule has 1 unspecified atom stereocenters. The van der Waals surface area contributed by atoms with Gasteiger partial charge in [-0.2, -0.15) is 0 Å². The fraction of sp³-hybridized carbons (Fsp3) is 0.600. The Morgan fingerprint density at radius 3 is 2.63 bits per heavy atom. The zero-order valence-electron chi connectivity index (χ0n) is 11.7. The van der Waals surface area contributed by atoms with Gasteiger partial charge in [0.15, 0.2) is 0 Å². The van der Waals surface area contributed by atoms with Gasteiger partial charge in [-0.1, -0.05) is 19.8 Å². The summed E-state index contributed by atoms with van der Waals surface area (Å²) >= 11 is 0. The molecule has 0 spiro atoms. The molecule has 1 atom stereocenters. The minimum atomic E-state index is -0.250. The summed E-state index contributed by atoms with van der Waals surface area (Å²) in [5.74, 6) is 6.24. The van der Waals surface area contributed by atoms with Crippen LogP contribution in [0.5, 0.6) is 5.75 Å². The average molecular weight is 266 g/mol. The molecule has 0 radical (unpaired) electrons. The standard InChI is InChI=1S/C15H23FN2O/c1-3-15(8-4-5-9-15)14(18-17)12-10-11(16)6-7-13(12)19-2/h6-7,10,14,18H,3-5,8-9,17H2,1-2H3. The molecule has 0 saturated heterocycles. The zero-order valence-corrected chi connectivity index (χ0v) is 11.7. The molecule has 0 aromatic heterocycles. The van der Waals surface area contributed by atoms with Crippen LogP contribution in [0.25, 0.3) is 0 Å². The Kier molecular flexibility index (Phi) is 4.42. The highest BCUT2D eigenvalue weighted by atomic mass is 19.1. The van der Waals surface area contributed by atoms with Gasteiger partial charge < -0.3 is 4.74 Å². The first-order valence-electron chi connectivity index (χ1n) is 6.96. The van der Waals surface area contributed by atoms with Crippen LogP contribution in [0, 0.1) is 11.2 Å². The summed E-state index contributed by atoms with van der Waals surface area (Å²) in [6.45, 7) is 2.18. The number of ether oxygens (including phenoxy) is 1. The fourth-order valence-electron chi connectivity index (χ4n) is 3.45. The lowest BCUT2D eigenvalue weighted by Crippen LogP contribution is -2.40. The lowest BCUT2D eigenvalue weighted by Gasteiger charge is -2.37. The van der Waals surface area contributed by atoms with Gasteiger partial charge >= 0.3 is 0 Å². The van der Waals surface area contributed by atoms with Crippen molar-refractivity contribution in [3.63, 3.8) is 0 Å². The number of methoxy groups -OCH3 is 1. The van der Waals surface area contributed by atoms with Crippen LogP contribution in [0.1, 0.15) is 50.6 Å². The average Bonchev–Trinajstić information content (AvgIpc) is 2.90. The van der Waals surface area contributed by atoms with Crippen molar-refractivity contribution < 1.29 is 9.13 Å². The highest BCUT2D eigenvalue weighted by Crippen LogP contribution is 2.51. The lowest BCUT2D eigenvalue weighted by atomic mass is 9.73. The monoisotopic (exact) mass is 266 g/mol. The predicted molar refractivity (Wildman–Crippen MR) is 74.2 cm³/mol. The number of nitrogens with two attached hydrogens (primary N) is 1. The normalized spacial score (nSPS) is 19.4. The van der Waals surface area contributed by atoms with Gasteiger partial charge in [-0.15, -0.1) is 0 Å². The molecular weight excluding hydrogens is 243 g/mol. The Labute approximate surface area is 114 Å². The van der Waals surface area contributed by atoms with E-state index in [-0.39, 0.29) is 17.3 Å². The minimum Gasteiger partial charge on any atom is -0.496 e. The molecule has 0 aliphatic heterocycles. The highest BCUT2D eigenvalue weighted by Gasteiger charge is 2.41. The third kappa shape index (κ3) is 2.60. The van der Waals surface area contributed by atoms with Gasteiger partial charge in [0.25, 0.3) is 0 Å². The molecule has 1 aromatic rings. The molecule has 2 rings (SSSR count). The number of hydrazine groups is 1. The molecule has 3 N–H and O–H groups in total. The SMILES string of the molecule is CCC1(C(NN)c2cc(F)ccc2OC)CCCC1. The van der Waals surface area contributed by atoms with E-state index < -0.39 is 0 Å². The predicted octanol–water partition coefficient (Wildman–Crippen LogP) is 3.31. The van der Waals surface area contributed by atoms with Crippen molar-refractivity contribution in [1.82, 2.24) is 5.43 Å². The van der Waals surface area contributed by atoms with Crippen molar-refractivity contribution >= 4 is 0 Å². The molecular formula is C15H23FN2O. The van der Waals surface area contributed by atoms with Crippen LogP contribution >= 0.6 is 0 Å². The van der Waals surface area contributed by atoms with Crippen molar-refractivity contribution in [2.75, 3.05) is 7.11 Å². The summed E-state index contributed by atoms with van der Waals surface area (Å²) in [6.07, 6.45) is 5.70. The Bertz CT molecular complexity index is 430. The van der Waals surface area contributed by atoms with Crippen molar-refractivity contribution in [2.45, 2.75) is 45.1 Å². The van der Waals surface area contributed by atoms with Gasteiger partial charge in [0.1, 0.15) is 11.6 Å². The van der Waals surface area contributed by atoms with Crippen LogP contribution in [-0.2, 0) is 0 Å². The second kappa shape index (κ2) is 5.88. The van der Waals surface area contributed by atoms with Crippen LogP contribution in [0.4, 0.5) is 4.39 Å². The largest absolute Gasteiger partial charge is 0.496 e. The topological polar surface area (TPSA) is 47.3 Å². The van der Waals surface area contributed by atoms with Crippen LogP contribution in [0.2, 0.25) is 0 Å². The van der Waals surface area contributed by atoms with E-state index in [1.165, 1.54) is 18.9 Å². The third-order valence-electron chi connectivity index (χ3n) is 4.59. The third-order valence-corrected chi connectivity index (χ3v) is 4.59. The van der Waals surface area contributed by atoms with Crippen molar-refractivity contribution in [3.05, 3.63) is 29.6 Å². The molecule has 0 amide bonds. The number of nitrogens with one attached hydrogen (secondary N) is 1. The summed E-state index contributed by atoms with van der Waals surface area (Å²) in [7, 11) is 1.61. The molecule has 1 aliphatic rings. The van der Waals surface area contributed by atoms with Crippen molar-refractivity contribution in [1.29, 1.82) is 0 Å². The van der Waals surface area contributed by atoms with Gasteiger partial charge in [-0.3, -0.25) is 11.3 Å². The first-order chi connectivity index (χ1) is 9.16. The molecule has 0 bridgehead atoms. The van der Waals surface area contributed by atoms with Gasteiger partial charge in [-0.05, 0) is 42.9 Å². The summed E-state index contributed by atoms with van der Waals surface area (Å²) in [6, 6.07) is 4.57. The number of hydrogen-bond donors (Lipinski definition) is 2. The number of rotatable bonds is 5. The van der Waals surface area contributed by atoms with Crippen LogP contribution in [0.15, 0.2) is 18.2 Å². The summed E-state index contributed by atoms with van der Waals surface area (Å²) in [5, 5.41) is 0. The second-order valence-corrected chi connectivity index (χ2v) is 5.41. The summed E-state index contributed by atoms with van der Waals surface area (Å²) in [4.78, 5) is 0. The van der Waals surface area contributed by atoms with Crippen LogP contribution in [-0.4, -0.2) is 7.11 Å². The molecule has 0 heterocycles. The van der Waals surface area contributed by atoms with E-state index in [1.54, 1.807) is 19.2 Å². The molecule has 1 fully saturated rings. The molecule has 106 valence electrons. The molecule has 4 heteroatoms. The van der Waals surface area contributed by atoms with Crippen LogP contribution in [0.3, 0.4) is 0 Å². The van der Waals surface area contributed by atoms with Gasteiger partial charge in [-0.25, -0.2) is 4.39 Å². The Morgan fingerprint density at radius 1 is 1.42 bits per heavy atom. The van der Waals surface area contributed by atoms with Crippen molar-refractivity contribution in [2.24, 2.45) is 11.3 Å². The second-order valence-electron chi connectivity index (χ2n) is 5.41. The van der Waals surface area contributed by atoms with Gasteiger partial charge in [0.05, 0.1) is 13.2 Å². The summed E-state index contributed by atoms with van der Waals surface area (Å²) in [5.41, 5.74) is 3.84. The lowest BCUT2D eigenvalue weighted by molar-refractivity contribution is 0.184. The fourth-order valence-corrected chi connectivity index (χ4v) is 3.45. The number of halogens is 1. The molecule has 1 aromatic carbocycles. The van der Waals surface area contributed by atoms with E-state index in [0.717, 1.165) is 24.8 Å². The maximum Gasteiger partial charge on any atom is 0.123 e. The first kappa shape index (κ1) is 14.3. The van der Waals surface area contributed by atoms with Crippen molar-refractivity contribution in [3.8, 4) is 5.75 Å². The number of benzene rings is 1. The quantitative estimate of drug-likeness (QED) is 0.635.